The van der Waals surface area contributed by atoms with Gasteiger partial charge in [0.1, 0.15) is 11.6 Å². The van der Waals surface area contributed by atoms with Crippen molar-refractivity contribution in [1.82, 2.24) is 29.9 Å². The van der Waals surface area contributed by atoms with Crippen molar-refractivity contribution >= 4 is 5.82 Å². The first kappa shape index (κ1) is 13.3. The van der Waals surface area contributed by atoms with E-state index in [1.165, 1.54) is 0 Å². The highest BCUT2D eigenvalue weighted by molar-refractivity contribution is 5.59. The summed E-state index contributed by atoms with van der Waals surface area (Å²) in [6.45, 7) is 5.50. The van der Waals surface area contributed by atoms with E-state index in [1.807, 2.05) is 36.1 Å². The number of aryl methyl sites for hydroxylation is 2. The summed E-state index contributed by atoms with van der Waals surface area (Å²) >= 11 is 0. The van der Waals surface area contributed by atoms with Crippen LogP contribution in [0.4, 0.5) is 5.82 Å². The molecule has 3 heterocycles. The van der Waals surface area contributed by atoms with Crippen LogP contribution >= 0.6 is 0 Å². The maximum Gasteiger partial charge on any atom is 0.181 e. The molecular weight excluding hydrogens is 266 g/mol. The molecule has 0 fully saturated rings. The van der Waals surface area contributed by atoms with Crippen LogP contribution in [0.1, 0.15) is 18.3 Å². The van der Waals surface area contributed by atoms with Crippen LogP contribution in [-0.2, 0) is 13.1 Å². The Balaban J connectivity index is 1.71. The highest BCUT2D eigenvalue weighted by Gasteiger charge is 2.05. The third kappa shape index (κ3) is 3.07. The van der Waals surface area contributed by atoms with Crippen LogP contribution in [0.25, 0.3) is 11.4 Å². The van der Waals surface area contributed by atoms with Gasteiger partial charge < -0.3 is 5.32 Å². The van der Waals surface area contributed by atoms with Crippen LogP contribution in [0.15, 0.2) is 30.7 Å². The van der Waals surface area contributed by atoms with Crippen molar-refractivity contribution in [2.75, 3.05) is 5.32 Å². The number of nitrogens with one attached hydrogen (secondary N) is 2. The number of nitrogens with zero attached hydrogens (tertiary/aromatic N) is 5. The molecule has 0 spiro atoms. The Labute approximate surface area is 122 Å². The van der Waals surface area contributed by atoms with E-state index in [9.17, 15) is 0 Å². The van der Waals surface area contributed by atoms with E-state index in [1.54, 1.807) is 6.20 Å². The van der Waals surface area contributed by atoms with Crippen LogP contribution in [-0.4, -0.2) is 29.9 Å². The van der Waals surface area contributed by atoms with Gasteiger partial charge in [0.15, 0.2) is 5.82 Å². The van der Waals surface area contributed by atoms with Crippen molar-refractivity contribution < 1.29 is 0 Å². The van der Waals surface area contributed by atoms with Crippen LogP contribution in [0.3, 0.4) is 0 Å². The van der Waals surface area contributed by atoms with Crippen molar-refractivity contribution in [3.63, 3.8) is 0 Å². The van der Waals surface area contributed by atoms with Crippen molar-refractivity contribution in [3.8, 4) is 11.4 Å². The van der Waals surface area contributed by atoms with Gasteiger partial charge in [0, 0.05) is 36.6 Å². The number of pyridine rings is 1. The number of aromatic nitrogens is 6. The normalized spacial score (nSPS) is 10.8. The van der Waals surface area contributed by atoms with E-state index in [0.717, 1.165) is 29.3 Å². The molecule has 0 aromatic carbocycles. The Bertz CT molecular complexity index is 728. The number of aromatic amines is 1. The first-order valence-corrected chi connectivity index (χ1v) is 6.85. The molecule has 0 atom stereocenters. The van der Waals surface area contributed by atoms with Crippen LogP contribution in [0.2, 0.25) is 0 Å². The Hall–Kier alpha value is -2.70. The van der Waals surface area contributed by atoms with Crippen molar-refractivity contribution in [2.45, 2.75) is 26.9 Å². The van der Waals surface area contributed by atoms with Gasteiger partial charge in [0.2, 0.25) is 0 Å². The summed E-state index contributed by atoms with van der Waals surface area (Å²) in [4.78, 5) is 8.63. The predicted molar refractivity (Wildman–Crippen MR) is 79.6 cm³/mol. The third-order valence-corrected chi connectivity index (χ3v) is 3.10. The molecule has 3 aromatic rings. The van der Waals surface area contributed by atoms with Crippen LogP contribution < -0.4 is 5.32 Å². The third-order valence-electron chi connectivity index (χ3n) is 3.10. The zero-order valence-electron chi connectivity index (χ0n) is 12.0. The summed E-state index contributed by atoms with van der Waals surface area (Å²) in [7, 11) is 0. The fraction of sp³-hybridized carbons (Fsp3) is 0.286. The summed E-state index contributed by atoms with van der Waals surface area (Å²) < 4.78 is 1.90. The molecule has 7 nitrogen and oxygen atoms in total. The van der Waals surface area contributed by atoms with Gasteiger partial charge in [-0.2, -0.15) is 10.2 Å². The Morgan fingerprint density at radius 3 is 3.00 bits per heavy atom. The van der Waals surface area contributed by atoms with Gasteiger partial charge in [-0.3, -0.25) is 9.78 Å². The molecule has 0 aliphatic rings. The molecule has 0 saturated carbocycles. The number of hydrogen-bond donors (Lipinski definition) is 2. The lowest BCUT2D eigenvalue weighted by Crippen LogP contribution is -2.01. The molecule has 0 bridgehead atoms. The SMILES string of the molecule is CCn1cc(CNc2cc(-c3n[nH]c(C)n3)ccn2)cn1. The van der Waals surface area contributed by atoms with Gasteiger partial charge in [-0.1, -0.05) is 0 Å². The van der Waals surface area contributed by atoms with E-state index in [-0.39, 0.29) is 0 Å². The van der Waals surface area contributed by atoms with Gasteiger partial charge >= 0.3 is 0 Å². The molecule has 108 valence electrons. The number of rotatable bonds is 5. The molecule has 3 aromatic heterocycles. The first-order valence-electron chi connectivity index (χ1n) is 6.85. The average molecular weight is 283 g/mol. The number of hydrogen-bond acceptors (Lipinski definition) is 5. The van der Waals surface area contributed by atoms with Crippen LogP contribution in [0.5, 0.6) is 0 Å². The topological polar surface area (TPSA) is 84.3 Å². The summed E-state index contributed by atoms with van der Waals surface area (Å²) in [6, 6.07) is 3.83. The Morgan fingerprint density at radius 1 is 1.38 bits per heavy atom. The fourth-order valence-corrected chi connectivity index (χ4v) is 2.00. The van der Waals surface area contributed by atoms with Gasteiger partial charge in [0.05, 0.1) is 6.20 Å². The smallest absolute Gasteiger partial charge is 0.181 e. The molecule has 0 saturated heterocycles. The van der Waals surface area contributed by atoms with Gasteiger partial charge in [-0.25, -0.2) is 9.97 Å². The zero-order valence-corrected chi connectivity index (χ0v) is 12.0. The molecule has 0 aliphatic carbocycles. The van der Waals surface area contributed by atoms with E-state index in [2.05, 4.69) is 37.5 Å². The lowest BCUT2D eigenvalue weighted by Gasteiger charge is -2.04. The molecule has 0 unspecified atom stereocenters. The molecule has 0 amide bonds. The van der Waals surface area contributed by atoms with Crippen LogP contribution in [0, 0.1) is 6.92 Å². The van der Waals surface area contributed by atoms with Crippen molar-refractivity contribution in [1.29, 1.82) is 0 Å². The standard InChI is InChI=1S/C14H17N7/c1-3-21-9-11(8-17-21)7-16-13-6-12(4-5-15-13)14-18-10(2)19-20-14/h4-6,8-9H,3,7H2,1-2H3,(H,15,16)(H,18,19,20). The maximum absolute atomic E-state index is 4.32. The number of H-pyrrole nitrogens is 1. The highest BCUT2D eigenvalue weighted by atomic mass is 15.3. The Kier molecular flexibility index (Phi) is 3.63. The van der Waals surface area contributed by atoms with E-state index in [4.69, 9.17) is 0 Å². The second kappa shape index (κ2) is 5.74. The predicted octanol–water partition coefficient (Wildman–Crippen LogP) is 2.00. The fourth-order valence-electron chi connectivity index (χ4n) is 2.00. The lowest BCUT2D eigenvalue weighted by molar-refractivity contribution is 0.659. The molecule has 3 rings (SSSR count). The monoisotopic (exact) mass is 283 g/mol. The van der Waals surface area contributed by atoms with E-state index in [0.29, 0.717) is 12.4 Å². The lowest BCUT2D eigenvalue weighted by atomic mass is 10.2. The molecule has 7 heteroatoms. The molecule has 2 N–H and O–H groups in total. The quantitative estimate of drug-likeness (QED) is 0.748. The molecule has 0 radical (unpaired) electrons. The maximum atomic E-state index is 4.32. The van der Waals surface area contributed by atoms with Gasteiger partial charge in [-0.05, 0) is 26.0 Å². The van der Waals surface area contributed by atoms with Gasteiger partial charge in [0.25, 0.3) is 0 Å². The molecule has 21 heavy (non-hydrogen) atoms. The summed E-state index contributed by atoms with van der Waals surface area (Å²) in [6.07, 6.45) is 5.63. The summed E-state index contributed by atoms with van der Waals surface area (Å²) in [5.41, 5.74) is 2.05. The largest absolute Gasteiger partial charge is 0.366 e. The minimum absolute atomic E-state index is 0.678. The highest BCUT2D eigenvalue weighted by Crippen LogP contribution is 2.17. The zero-order chi connectivity index (χ0) is 14.7. The molecule has 0 aliphatic heterocycles. The minimum atomic E-state index is 0.678. The Morgan fingerprint density at radius 2 is 2.29 bits per heavy atom. The van der Waals surface area contributed by atoms with Crippen molar-refractivity contribution in [3.05, 3.63) is 42.1 Å². The minimum Gasteiger partial charge on any atom is -0.366 e. The molecular formula is C14H17N7. The van der Waals surface area contributed by atoms with Gasteiger partial charge in [-0.15, -0.1) is 0 Å². The summed E-state index contributed by atoms with van der Waals surface area (Å²) in [5.74, 6) is 2.26. The first-order chi connectivity index (χ1) is 10.2. The van der Waals surface area contributed by atoms with E-state index < -0.39 is 0 Å². The second-order valence-electron chi connectivity index (χ2n) is 4.73. The second-order valence-corrected chi connectivity index (χ2v) is 4.73. The summed E-state index contributed by atoms with van der Waals surface area (Å²) in [5, 5.41) is 14.5. The average Bonchev–Trinajstić information content (AvgIpc) is 3.14. The number of anilines is 1. The van der Waals surface area contributed by atoms with E-state index >= 15 is 0 Å². The van der Waals surface area contributed by atoms with Crippen molar-refractivity contribution in [2.24, 2.45) is 0 Å².